The van der Waals surface area contributed by atoms with Gasteiger partial charge in [0.1, 0.15) is 0 Å². The van der Waals surface area contributed by atoms with E-state index in [1.165, 1.54) is 98.4 Å². The van der Waals surface area contributed by atoms with Gasteiger partial charge in [0.25, 0.3) is 0 Å². The normalized spacial score (nSPS) is 11.6. The second kappa shape index (κ2) is 11.6. The molecule has 0 aromatic heterocycles. The van der Waals surface area contributed by atoms with Crippen molar-refractivity contribution in [2.75, 3.05) is 0 Å². The molecule has 0 unspecified atom stereocenters. The molecule has 0 heterocycles. The summed E-state index contributed by atoms with van der Waals surface area (Å²) in [5.74, 6) is 0. The van der Waals surface area contributed by atoms with Crippen LogP contribution in [0.25, 0.3) is 98.4 Å². The van der Waals surface area contributed by atoms with Gasteiger partial charge < -0.3 is 0 Å². The lowest BCUT2D eigenvalue weighted by Crippen LogP contribution is -1.95. The van der Waals surface area contributed by atoms with Crippen LogP contribution in [0.2, 0.25) is 0 Å². The molecule has 0 N–H and O–H groups in total. The van der Waals surface area contributed by atoms with Gasteiger partial charge in [0.2, 0.25) is 0 Å². The van der Waals surface area contributed by atoms with Crippen LogP contribution in [0.5, 0.6) is 0 Å². The predicted octanol–water partition coefficient (Wildman–Crippen LogP) is 14.1. The lowest BCUT2D eigenvalue weighted by atomic mass is 9.80. The first-order chi connectivity index (χ1) is 24.8. The largest absolute Gasteiger partial charge is 0.0622 e. The van der Waals surface area contributed by atoms with Crippen LogP contribution < -0.4 is 0 Å². The minimum atomic E-state index is 1.22. The molecular formula is C50H32. The maximum Gasteiger partial charge on any atom is -0.00259 e. The standard InChI is InChI=1S/C50H32/c1-5-17-33(18-6-1)47-39-27-15-16-28-40(39)48(34-19-7-2-8-20-34)44-32-46-45(31-43(44)47)49(35-21-9-3-10-22-35)41-29-37-25-13-14-26-38(37)30-42(41)50(46)36-23-11-4-12-24-36/h1-32H. The third-order valence-electron chi connectivity index (χ3n) is 10.4. The molecule has 0 aliphatic carbocycles. The van der Waals surface area contributed by atoms with Crippen LogP contribution in [-0.4, -0.2) is 0 Å². The van der Waals surface area contributed by atoms with Crippen molar-refractivity contribution in [3.05, 3.63) is 194 Å². The molecule has 0 fully saturated rings. The van der Waals surface area contributed by atoms with Gasteiger partial charge in [0.05, 0.1) is 0 Å². The van der Waals surface area contributed by atoms with Gasteiger partial charge >= 0.3 is 0 Å². The van der Waals surface area contributed by atoms with Crippen LogP contribution in [0.4, 0.5) is 0 Å². The van der Waals surface area contributed by atoms with E-state index < -0.39 is 0 Å². The fraction of sp³-hybridized carbons (Fsp3) is 0. The number of hydrogen-bond acceptors (Lipinski definition) is 0. The van der Waals surface area contributed by atoms with Crippen molar-refractivity contribution in [1.29, 1.82) is 0 Å². The van der Waals surface area contributed by atoms with Gasteiger partial charge in [-0.1, -0.05) is 170 Å². The van der Waals surface area contributed by atoms with Gasteiger partial charge in [-0.2, -0.15) is 0 Å². The third-order valence-corrected chi connectivity index (χ3v) is 10.4. The van der Waals surface area contributed by atoms with Gasteiger partial charge in [0.15, 0.2) is 0 Å². The van der Waals surface area contributed by atoms with Crippen molar-refractivity contribution in [1.82, 2.24) is 0 Å². The van der Waals surface area contributed by atoms with Crippen molar-refractivity contribution in [3.8, 4) is 44.5 Å². The number of benzene rings is 10. The van der Waals surface area contributed by atoms with Gasteiger partial charge in [-0.15, -0.1) is 0 Å². The molecule has 10 rings (SSSR count). The fourth-order valence-electron chi connectivity index (χ4n) is 8.24. The molecule has 0 amide bonds. The van der Waals surface area contributed by atoms with E-state index in [0.717, 1.165) is 0 Å². The zero-order chi connectivity index (χ0) is 33.0. The Kier molecular flexibility index (Phi) is 6.60. The number of rotatable bonds is 4. The third kappa shape index (κ3) is 4.46. The monoisotopic (exact) mass is 632 g/mol. The first-order valence-corrected chi connectivity index (χ1v) is 17.4. The summed E-state index contributed by atoms with van der Waals surface area (Å²) in [6.07, 6.45) is 0. The second-order valence-corrected chi connectivity index (χ2v) is 13.2. The number of fused-ring (bicyclic) bond motifs is 5. The molecule has 0 radical (unpaired) electrons. The minimum absolute atomic E-state index is 1.22. The average Bonchev–Trinajstić information content (AvgIpc) is 3.19. The van der Waals surface area contributed by atoms with E-state index in [1.807, 2.05) is 0 Å². The highest BCUT2D eigenvalue weighted by Crippen LogP contribution is 2.50. The Morgan fingerprint density at radius 1 is 0.180 bits per heavy atom. The molecule has 0 spiro atoms. The Morgan fingerprint density at radius 3 is 0.740 bits per heavy atom. The Balaban J connectivity index is 1.51. The van der Waals surface area contributed by atoms with E-state index in [2.05, 4.69) is 194 Å². The highest BCUT2D eigenvalue weighted by Gasteiger charge is 2.22. The SMILES string of the molecule is c1ccc(-c2c3ccccc3c(-c3ccccc3)c3cc4c(-c5ccccc5)c5cc6ccccc6cc5c(-c5ccccc5)c4cc23)cc1. The summed E-state index contributed by atoms with van der Waals surface area (Å²) < 4.78 is 0. The first kappa shape index (κ1) is 28.5. The van der Waals surface area contributed by atoms with Crippen molar-refractivity contribution in [2.24, 2.45) is 0 Å². The van der Waals surface area contributed by atoms with E-state index in [4.69, 9.17) is 0 Å². The Hall–Kier alpha value is -6.50. The van der Waals surface area contributed by atoms with Crippen LogP contribution in [0.1, 0.15) is 0 Å². The molecular weight excluding hydrogens is 601 g/mol. The lowest BCUT2D eigenvalue weighted by Gasteiger charge is -2.22. The van der Waals surface area contributed by atoms with E-state index >= 15 is 0 Å². The topological polar surface area (TPSA) is 0 Å². The summed E-state index contributed by atoms with van der Waals surface area (Å²) in [7, 11) is 0. The maximum atomic E-state index is 2.51. The molecule has 0 heteroatoms. The summed E-state index contributed by atoms with van der Waals surface area (Å²) in [6.45, 7) is 0. The van der Waals surface area contributed by atoms with Crippen LogP contribution >= 0.6 is 0 Å². The summed E-state index contributed by atoms with van der Waals surface area (Å²) >= 11 is 0. The quantitative estimate of drug-likeness (QED) is 0.169. The van der Waals surface area contributed by atoms with Crippen molar-refractivity contribution in [3.63, 3.8) is 0 Å². The Labute approximate surface area is 291 Å². The Morgan fingerprint density at radius 2 is 0.420 bits per heavy atom. The molecule has 0 atom stereocenters. The molecule has 232 valence electrons. The van der Waals surface area contributed by atoms with E-state index in [9.17, 15) is 0 Å². The zero-order valence-electron chi connectivity index (χ0n) is 27.5. The Bertz CT molecular complexity index is 2670. The van der Waals surface area contributed by atoms with Crippen LogP contribution in [0, 0.1) is 0 Å². The lowest BCUT2D eigenvalue weighted by molar-refractivity contribution is 1.65. The highest BCUT2D eigenvalue weighted by molar-refractivity contribution is 6.29. The van der Waals surface area contributed by atoms with Gasteiger partial charge in [-0.3, -0.25) is 0 Å². The molecule has 0 nitrogen and oxygen atoms in total. The predicted molar refractivity (Wildman–Crippen MR) is 216 cm³/mol. The second-order valence-electron chi connectivity index (χ2n) is 13.2. The summed E-state index contributed by atoms with van der Waals surface area (Å²) in [4.78, 5) is 0. The van der Waals surface area contributed by atoms with Crippen molar-refractivity contribution >= 4 is 53.9 Å². The molecule has 0 saturated carbocycles. The summed E-state index contributed by atoms with van der Waals surface area (Å²) in [5.41, 5.74) is 10.00. The van der Waals surface area contributed by atoms with Gasteiger partial charge in [-0.05, 0) is 123 Å². The van der Waals surface area contributed by atoms with Crippen molar-refractivity contribution in [2.45, 2.75) is 0 Å². The zero-order valence-corrected chi connectivity index (χ0v) is 27.5. The molecule has 0 bridgehead atoms. The van der Waals surface area contributed by atoms with Crippen LogP contribution in [0.3, 0.4) is 0 Å². The smallest absolute Gasteiger partial charge is 0.00259 e. The maximum absolute atomic E-state index is 2.51. The van der Waals surface area contributed by atoms with Crippen LogP contribution in [-0.2, 0) is 0 Å². The highest BCUT2D eigenvalue weighted by atomic mass is 14.2. The molecule has 0 aliphatic heterocycles. The molecule has 0 saturated heterocycles. The van der Waals surface area contributed by atoms with Crippen LogP contribution in [0.15, 0.2) is 194 Å². The van der Waals surface area contributed by atoms with Gasteiger partial charge in [0, 0.05) is 0 Å². The molecule has 10 aromatic rings. The fourth-order valence-corrected chi connectivity index (χ4v) is 8.24. The van der Waals surface area contributed by atoms with E-state index in [1.54, 1.807) is 0 Å². The summed E-state index contributed by atoms with van der Waals surface area (Å²) in [5, 5.41) is 12.6. The minimum Gasteiger partial charge on any atom is -0.0622 e. The first-order valence-electron chi connectivity index (χ1n) is 17.4. The van der Waals surface area contributed by atoms with Crippen molar-refractivity contribution < 1.29 is 0 Å². The molecule has 10 aromatic carbocycles. The van der Waals surface area contributed by atoms with Gasteiger partial charge in [-0.25, -0.2) is 0 Å². The molecule has 50 heavy (non-hydrogen) atoms. The molecule has 0 aliphatic rings. The van der Waals surface area contributed by atoms with E-state index in [-0.39, 0.29) is 0 Å². The van der Waals surface area contributed by atoms with E-state index in [0.29, 0.717) is 0 Å². The summed E-state index contributed by atoms with van der Waals surface area (Å²) in [6, 6.07) is 71.4. The number of hydrogen-bond donors (Lipinski definition) is 0. The average molecular weight is 633 g/mol.